The highest BCUT2D eigenvalue weighted by molar-refractivity contribution is 5.79. The van der Waals surface area contributed by atoms with Gasteiger partial charge in [0, 0.05) is 24.4 Å². The van der Waals surface area contributed by atoms with E-state index in [-0.39, 0.29) is 11.7 Å². The van der Waals surface area contributed by atoms with Gasteiger partial charge in [0.2, 0.25) is 5.91 Å². The molecule has 1 aliphatic carbocycles. The Balaban J connectivity index is 1.20. The van der Waals surface area contributed by atoms with Crippen molar-refractivity contribution in [3.8, 4) is 17.0 Å². The normalized spacial score (nSPS) is 29.1. The number of nitrogens with zero attached hydrogens (tertiary/aromatic N) is 3. The van der Waals surface area contributed by atoms with Gasteiger partial charge in [0.25, 0.3) is 0 Å². The van der Waals surface area contributed by atoms with Crippen LogP contribution in [-0.4, -0.2) is 51.2 Å². The van der Waals surface area contributed by atoms with Crippen molar-refractivity contribution in [2.75, 3.05) is 13.1 Å². The van der Waals surface area contributed by atoms with Gasteiger partial charge in [-0.05, 0) is 30.9 Å². The summed E-state index contributed by atoms with van der Waals surface area (Å²) < 4.78 is 1.93. The number of benzene rings is 1. The summed E-state index contributed by atoms with van der Waals surface area (Å²) >= 11 is 0. The molecule has 6 rings (SSSR count). The van der Waals surface area contributed by atoms with E-state index in [2.05, 4.69) is 15.6 Å². The van der Waals surface area contributed by atoms with Crippen molar-refractivity contribution in [3.63, 3.8) is 0 Å². The number of carbonyl (C=O) groups is 1. The molecule has 4 aliphatic rings. The number of quaternary nitrogens is 1. The number of nitrogens with one attached hydrogen (secondary N) is 2. The number of phenols is 1. The predicted octanol–water partition coefficient (Wildman–Crippen LogP) is 1.39. The standard InChI is InChI=1S/C23H31N5O2/c29-20-8-4-5-17(12-20)22-15-28(26-25-22)13-19-11-16-9-10-27(19)14-21(16)23(30)24-18-6-2-1-3-7-18/h4-5,8,12,15-16,18-19,21,29H,1-3,6-7,9-11,13-14H2,(H,24,30)/p+1/t16-,19+,21-/m0/s1. The smallest absolute Gasteiger partial charge is 0.229 e. The summed E-state index contributed by atoms with van der Waals surface area (Å²) in [5, 5.41) is 21.7. The van der Waals surface area contributed by atoms with Gasteiger partial charge in [-0.3, -0.25) is 4.79 Å². The van der Waals surface area contributed by atoms with Gasteiger partial charge in [-0.1, -0.05) is 36.6 Å². The first-order valence-corrected chi connectivity index (χ1v) is 11.5. The van der Waals surface area contributed by atoms with Crippen LogP contribution in [0, 0.1) is 11.8 Å². The number of aromatic hydroxyl groups is 1. The van der Waals surface area contributed by atoms with E-state index in [1.54, 1.807) is 12.1 Å². The summed E-state index contributed by atoms with van der Waals surface area (Å²) in [5.74, 6) is 1.20. The lowest BCUT2D eigenvalue weighted by molar-refractivity contribution is -0.945. The van der Waals surface area contributed by atoms with Gasteiger partial charge in [0.1, 0.15) is 17.5 Å². The second-order valence-electron chi connectivity index (χ2n) is 9.42. The second-order valence-corrected chi connectivity index (χ2v) is 9.42. The molecule has 0 radical (unpaired) electrons. The summed E-state index contributed by atoms with van der Waals surface area (Å²) in [7, 11) is 0. The predicted molar refractivity (Wildman–Crippen MR) is 113 cm³/mol. The lowest BCUT2D eigenvalue weighted by Gasteiger charge is -2.46. The maximum Gasteiger partial charge on any atom is 0.229 e. The van der Waals surface area contributed by atoms with E-state index in [1.807, 2.05) is 23.0 Å². The molecule has 4 heterocycles. The third-order valence-corrected chi connectivity index (χ3v) is 7.43. The summed E-state index contributed by atoms with van der Waals surface area (Å²) in [6.07, 6.45) is 10.3. The van der Waals surface area contributed by atoms with Crippen molar-refractivity contribution < 1.29 is 14.8 Å². The fraction of sp³-hybridized carbons (Fsp3) is 0.609. The molecule has 1 unspecified atom stereocenters. The van der Waals surface area contributed by atoms with Crippen molar-refractivity contribution in [1.82, 2.24) is 20.3 Å². The van der Waals surface area contributed by atoms with Gasteiger partial charge in [0.15, 0.2) is 0 Å². The molecule has 2 aromatic rings. The van der Waals surface area contributed by atoms with Gasteiger partial charge in [-0.25, -0.2) is 4.68 Å². The molecule has 30 heavy (non-hydrogen) atoms. The van der Waals surface area contributed by atoms with Gasteiger partial charge >= 0.3 is 0 Å². The Labute approximate surface area is 177 Å². The summed E-state index contributed by atoms with van der Waals surface area (Å²) in [4.78, 5) is 14.5. The summed E-state index contributed by atoms with van der Waals surface area (Å²) in [5.41, 5.74) is 1.65. The van der Waals surface area contributed by atoms with Gasteiger partial charge in [-0.2, -0.15) is 0 Å². The number of aromatic nitrogens is 3. The molecule has 7 heteroatoms. The van der Waals surface area contributed by atoms with Crippen LogP contribution in [0.1, 0.15) is 44.9 Å². The first kappa shape index (κ1) is 19.5. The molecule has 4 atom stereocenters. The molecule has 160 valence electrons. The van der Waals surface area contributed by atoms with Crippen molar-refractivity contribution in [1.29, 1.82) is 0 Å². The Bertz CT molecular complexity index is 891. The molecule has 3 saturated heterocycles. The van der Waals surface area contributed by atoms with Crippen molar-refractivity contribution in [2.24, 2.45) is 11.8 Å². The van der Waals surface area contributed by atoms with Crippen LogP contribution in [0.25, 0.3) is 11.3 Å². The molecule has 1 aromatic heterocycles. The molecule has 0 spiro atoms. The fourth-order valence-corrected chi connectivity index (χ4v) is 5.78. The number of amides is 1. The first-order valence-electron chi connectivity index (χ1n) is 11.5. The van der Waals surface area contributed by atoms with E-state index >= 15 is 0 Å². The molecule has 1 amide bonds. The second kappa shape index (κ2) is 8.38. The number of phenolic OH excluding ortho intramolecular Hbond substituents is 1. The fourth-order valence-electron chi connectivity index (χ4n) is 5.78. The molecule has 3 N–H and O–H groups in total. The Hall–Kier alpha value is -2.41. The van der Waals surface area contributed by atoms with Crippen LogP contribution in [0.3, 0.4) is 0 Å². The highest BCUT2D eigenvalue weighted by Crippen LogP contribution is 2.29. The minimum absolute atomic E-state index is 0.172. The van der Waals surface area contributed by atoms with Crippen LogP contribution in [-0.2, 0) is 11.3 Å². The Kier molecular flexibility index (Phi) is 5.46. The number of fused-ring (bicyclic) bond motifs is 3. The number of piperidine rings is 3. The van der Waals surface area contributed by atoms with Crippen LogP contribution < -0.4 is 10.2 Å². The topological polar surface area (TPSA) is 84.5 Å². The van der Waals surface area contributed by atoms with Gasteiger partial charge < -0.3 is 15.3 Å². The van der Waals surface area contributed by atoms with Crippen LogP contribution >= 0.6 is 0 Å². The average Bonchev–Trinajstić information content (AvgIpc) is 3.23. The quantitative estimate of drug-likeness (QED) is 0.696. The zero-order valence-electron chi connectivity index (χ0n) is 17.5. The molecular formula is C23H32N5O2+. The first-order chi connectivity index (χ1) is 14.7. The largest absolute Gasteiger partial charge is 0.508 e. The molecule has 1 aromatic carbocycles. The van der Waals surface area contributed by atoms with Crippen LogP contribution in [0.4, 0.5) is 0 Å². The molecule has 3 aliphatic heterocycles. The Morgan fingerprint density at radius 2 is 2.10 bits per heavy atom. The minimum Gasteiger partial charge on any atom is -0.508 e. The lowest BCUT2D eigenvalue weighted by atomic mass is 9.75. The maximum absolute atomic E-state index is 12.9. The van der Waals surface area contributed by atoms with E-state index in [4.69, 9.17) is 0 Å². The number of carbonyl (C=O) groups excluding carboxylic acids is 1. The Morgan fingerprint density at radius 1 is 1.23 bits per heavy atom. The molecule has 2 bridgehead atoms. The molecule has 7 nitrogen and oxygen atoms in total. The maximum atomic E-state index is 12.9. The number of hydrogen-bond donors (Lipinski definition) is 3. The van der Waals surface area contributed by atoms with Crippen LogP contribution in [0.15, 0.2) is 30.5 Å². The zero-order valence-corrected chi connectivity index (χ0v) is 17.5. The molecular weight excluding hydrogens is 378 g/mol. The van der Waals surface area contributed by atoms with Crippen molar-refractivity contribution in [2.45, 2.75) is 63.6 Å². The number of rotatable bonds is 5. The molecule has 4 fully saturated rings. The number of hydrogen-bond acceptors (Lipinski definition) is 4. The SMILES string of the molecule is O=C(NC1CCCCC1)[C@H]1C[NH+]2CC[C@H]1C[C@@H]2Cn1cc(-c2cccc(O)c2)nn1. The summed E-state index contributed by atoms with van der Waals surface area (Å²) in [6, 6.07) is 8.00. The van der Waals surface area contributed by atoms with Crippen LogP contribution in [0.5, 0.6) is 5.75 Å². The third kappa shape index (κ3) is 4.08. The van der Waals surface area contributed by atoms with E-state index < -0.39 is 0 Å². The minimum atomic E-state index is 0.172. The lowest BCUT2D eigenvalue weighted by Crippen LogP contribution is -3.20. The highest BCUT2D eigenvalue weighted by Gasteiger charge is 2.46. The van der Waals surface area contributed by atoms with Crippen molar-refractivity contribution in [3.05, 3.63) is 30.5 Å². The summed E-state index contributed by atoms with van der Waals surface area (Å²) in [6.45, 7) is 2.92. The van der Waals surface area contributed by atoms with Crippen molar-refractivity contribution >= 4 is 5.91 Å². The van der Waals surface area contributed by atoms with E-state index in [9.17, 15) is 9.90 Å². The Morgan fingerprint density at radius 3 is 2.87 bits per heavy atom. The van der Waals surface area contributed by atoms with E-state index in [0.29, 0.717) is 23.9 Å². The van der Waals surface area contributed by atoms with Gasteiger partial charge in [-0.15, -0.1) is 5.10 Å². The zero-order chi connectivity index (χ0) is 20.5. The third-order valence-electron chi connectivity index (χ3n) is 7.43. The van der Waals surface area contributed by atoms with E-state index in [0.717, 1.165) is 56.6 Å². The van der Waals surface area contributed by atoms with E-state index in [1.165, 1.54) is 24.2 Å². The monoisotopic (exact) mass is 410 g/mol. The average molecular weight is 411 g/mol. The van der Waals surface area contributed by atoms with Crippen LogP contribution in [0.2, 0.25) is 0 Å². The van der Waals surface area contributed by atoms with Gasteiger partial charge in [0.05, 0.1) is 31.7 Å². The highest BCUT2D eigenvalue weighted by atomic mass is 16.3. The molecule has 1 saturated carbocycles.